The number of amides is 1. The molecule has 0 aliphatic carbocycles. The molecule has 244 valence electrons. The largest absolute Gasteiger partial charge is 0.496 e. The van der Waals surface area contributed by atoms with Crippen LogP contribution in [0.1, 0.15) is 42.4 Å². The van der Waals surface area contributed by atoms with Crippen LogP contribution in [0.5, 0.6) is 11.5 Å². The summed E-state index contributed by atoms with van der Waals surface area (Å²) in [5, 5.41) is 12.4. The summed E-state index contributed by atoms with van der Waals surface area (Å²) in [6.07, 6.45) is 4.15. The lowest BCUT2D eigenvalue weighted by atomic mass is 9.93. The van der Waals surface area contributed by atoms with E-state index in [0.29, 0.717) is 48.9 Å². The van der Waals surface area contributed by atoms with Crippen LogP contribution in [0, 0.1) is 13.8 Å². The topological polar surface area (TPSA) is 117 Å². The first-order valence-electron chi connectivity index (χ1n) is 15.9. The van der Waals surface area contributed by atoms with Crippen LogP contribution < -0.4 is 14.8 Å². The highest BCUT2D eigenvalue weighted by Crippen LogP contribution is 2.38. The van der Waals surface area contributed by atoms with Crippen molar-refractivity contribution in [2.24, 2.45) is 0 Å². The number of benzene rings is 3. The number of rotatable bonds is 15. The van der Waals surface area contributed by atoms with Gasteiger partial charge in [0.1, 0.15) is 23.1 Å². The van der Waals surface area contributed by atoms with E-state index in [1.165, 1.54) is 0 Å². The summed E-state index contributed by atoms with van der Waals surface area (Å²) in [5.74, 6) is 1.25. The molecule has 0 radical (unpaired) electrons. The number of nitrogens with one attached hydrogen (secondary N) is 1. The Kier molecular flexibility index (Phi) is 10.9. The Labute approximate surface area is 270 Å². The number of carboxylic acids is 1. The molecular formula is C36H44N4O6. The van der Waals surface area contributed by atoms with Crippen LogP contribution in [0.4, 0.5) is 0 Å². The number of hydrogen-bond acceptors (Lipinski definition) is 8. The van der Waals surface area contributed by atoms with Gasteiger partial charge < -0.3 is 29.2 Å². The first-order chi connectivity index (χ1) is 22.3. The molecule has 1 saturated heterocycles. The molecule has 1 atom stereocenters. The van der Waals surface area contributed by atoms with Gasteiger partial charge in [0.05, 0.1) is 13.7 Å². The maximum Gasteiger partial charge on any atom is 0.320 e. The van der Waals surface area contributed by atoms with Crippen LogP contribution in [0.3, 0.4) is 0 Å². The number of piperidine rings is 1. The van der Waals surface area contributed by atoms with E-state index in [4.69, 9.17) is 18.9 Å². The van der Waals surface area contributed by atoms with Crippen molar-refractivity contribution in [2.75, 3.05) is 46.9 Å². The number of likely N-dealkylation sites (tertiary alicyclic amines) is 1. The van der Waals surface area contributed by atoms with Crippen LogP contribution in [0.15, 0.2) is 52.9 Å². The average molecular weight is 629 g/mol. The summed E-state index contributed by atoms with van der Waals surface area (Å²) in [7, 11) is 3.65. The van der Waals surface area contributed by atoms with Crippen molar-refractivity contribution in [1.82, 2.24) is 20.1 Å². The third-order valence-corrected chi connectivity index (χ3v) is 8.86. The second kappa shape index (κ2) is 15.2. The lowest BCUT2D eigenvalue weighted by Crippen LogP contribution is -2.44. The zero-order valence-electron chi connectivity index (χ0n) is 27.2. The van der Waals surface area contributed by atoms with Crippen LogP contribution in [0.2, 0.25) is 0 Å². The molecule has 4 aromatic rings. The number of methoxy groups -OCH3 is 1. The first kappa shape index (κ1) is 33.0. The van der Waals surface area contributed by atoms with Crippen molar-refractivity contribution in [3.63, 3.8) is 0 Å². The second-order valence-electron chi connectivity index (χ2n) is 12.0. The van der Waals surface area contributed by atoms with Gasteiger partial charge in [0.25, 0.3) is 0 Å². The Bertz CT molecular complexity index is 1670. The summed E-state index contributed by atoms with van der Waals surface area (Å²) in [6.45, 7) is 8.26. The van der Waals surface area contributed by atoms with E-state index < -0.39 is 12.0 Å². The van der Waals surface area contributed by atoms with E-state index in [2.05, 4.69) is 36.2 Å². The molecule has 1 aliphatic rings. The summed E-state index contributed by atoms with van der Waals surface area (Å²) in [6, 6.07) is 15.6. The molecule has 2 N–H and O–H groups in total. The van der Waals surface area contributed by atoms with Crippen LogP contribution in [0.25, 0.3) is 33.7 Å². The minimum Gasteiger partial charge on any atom is -0.496 e. The number of hydrogen-bond donors (Lipinski definition) is 2. The van der Waals surface area contributed by atoms with E-state index in [-0.39, 0.29) is 0 Å². The van der Waals surface area contributed by atoms with Gasteiger partial charge in [0.2, 0.25) is 12.3 Å². The molecule has 2 heterocycles. The zero-order chi connectivity index (χ0) is 32.6. The van der Waals surface area contributed by atoms with Crippen LogP contribution in [-0.4, -0.2) is 85.3 Å². The molecule has 5 rings (SSSR count). The highest BCUT2D eigenvalue weighted by atomic mass is 16.5. The average Bonchev–Trinajstić information content (AvgIpc) is 3.46. The standard InChI is InChI=1S/C36H44N4O6/c1-24-27(28-11-8-14-32(25(28)2)45-19-9-16-39(3)18-15-37-23-41)10-7-12-29(24)35-38-30-20-26(33(44-4)21-34(30)46-35)22-40-17-6-5-13-31(40)36(42)43/h7-8,10-12,14,20-21,23,31H,5-6,9,13,15-19,22H2,1-4H3,(H,37,41)(H,42,43). The summed E-state index contributed by atoms with van der Waals surface area (Å²) in [4.78, 5) is 31.4. The van der Waals surface area contributed by atoms with Gasteiger partial charge >= 0.3 is 5.97 Å². The van der Waals surface area contributed by atoms with Gasteiger partial charge in [-0.05, 0) is 87.2 Å². The summed E-state index contributed by atoms with van der Waals surface area (Å²) in [5.41, 5.74) is 7.39. The highest BCUT2D eigenvalue weighted by molar-refractivity contribution is 5.83. The highest BCUT2D eigenvalue weighted by Gasteiger charge is 2.29. The minimum absolute atomic E-state index is 0.472. The number of oxazole rings is 1. The molecule has 46 heavy (non-hydrogen) atoms. The monoisotopic (exact) mass is 628 g/mol. The van der Waals surface area contributed by atoms with Gasteiger partial charge in [0.15, 0.2) is 5.58 Å². The van der Waals surface area contributed by atoms with Gasteiger partial charge in [-0.1, -0.05) is 30.7 Å². The van der Waals surface area contributed by atoms with Crippen molar-refractivity contribution < 1.29 is 28.6 Å². The van der Waals surface area contributed by atoms with Gasteiger partial charge in [-0.25, -0.2) is 4.98 Å². The molecule has 1 unspecified atom stereocenters. The third kappa shape index (κ3) is 7.51. The molecule has 0 bridgehead atoms. The quantitative estimate of drug-likeness (QED) is 0.127. The maximum absolute atomic E-state index is 11.9. The van der Waals surface area contributed by atoms with Gasteiger partial charge in [-0.2, -0.15) is 0 Å². The van der Waals surface area contributed by atoms with E-state index in [1.54, 1.807) is 7.11 Å². The number of carbonyl (C=O) groups is 2. The predicted molar refractivity (Wildman–Crippen MR) is 178 cm³/mol. The van der Waals surface area contributed by atoms with Gasteiger partial charge in [0, 0.05) is 43.4 Å². The van der Waals surface area contributed by atoms with Crippen molar-refractivity contribution in [3.05, 3.63) is 65.2 Å². The Balaban J connectivity index is 1.35. The number of carbonyl (C=O) groups excluding carboxylic acids is 1. The molecule has 1 aromatic heterocycles. The predicted octanol–water partition coefficient (Wildman–Crippen LogP) is 5.67. The summed E-state index contributed by atoms with van der Waals surface area (Å²) < 4.78 is 18.2. The Morgan fingerprint density at radius 2 is 1.85 bits per heavy atom. The molecule has 0 saturated carbocycles. The molecular weight excluding hydrogens is 584 g/mol. The Hall–Kier alpha value is -4.41. The minimum atomic E-state index is -0.782. The SMILES string of the molecule is COc1cc2oc(-c3cccc(-c4cccc(OCCCN(C)CCNC=O)c4C)c3C)nc2cc1CN1CCCCC1C(=O)O. The fraction of sp³-hybridized carbons (Fsp3) is 0.417. The van der Waals surface area contributed by atoms with E-state index >= 15 is 0 Å². The Morgan fingerprint density at radius 1 is 1.09 bits per heavy atom. The molecule has 0 spiro atoms. The fourth-order valence-electron chi connectivity index (χ4n) is 6.27. The molecule has 1 amide bonds. The number of carboxylic acid groups (broad SMARTS) is 1. The number of aliphatic carboxylic acids is 1. The summed E-state index contributed by atoms with van der Waals surface area (Å²) >= 11 is 0. The fourth-order valence-corrected chi connectivity index (χ4v) is 6.27. The molecule has 1 aliphatic heterocycles. The van der Waals surface area contributed by atoms with Crippen molar-refractivity contribution in [2.45, 2.75) is 52.1 Å². The van der Waals surface area contributed by atoms with E-state index in [1.807, 2.05) is 48.3 Å². The van der Waals surface area contributed by atoms with Crippen LogP contribution >= 0.6 is 0 Å². The van der Waals surface area contributed by atoms with E-state index in [9.17, 15) is 14.7 Å². The van der Waals surface area contributed by atoms with Gasteiger partial charge in [-0.15, -0.1) is 0 Å². The van der Waals surface area contributed by atoms with Crippen LogP contribution in [-0.2, 0) is 16.1 Å². The molecule has 1 fully saturated rings. The molecule has 10 heteroatoms. The lowest BCUT2D eigenvalue weighted by Gasteiger charge is -2.33. The van der Waals surface area contributed by atoms with E-state index in [0.717, 1.165) is 84.4 Å². The molecule has 10 nitrogen and oxygen atoms in total. The number of aromatic nitrogens is 1. The zero-order valence-corrected chi connectivity index (χ0v) is 27.2. The molecule has 3 aromatic carbocycles. The lowest BCUT2D eigenvalue weighted by molar-refractivity contribution is -0.144. The third-order valence-electron chi connectivity index (χ3n) is 8.86. The van der Waals surface area contributed by atoms with Crippen molar-refractivity contribution in [1.29, 1.82) is 0 Å². The number of nitrogens with zero attached hydrogens (tertiary/aromatic N) is 3. The number of fused-ring (bicyclic) bond motifs is 1. The first-order valence-corrected chi connectivity index (χ1v) is 15.9. The normalized spacial score (nSPS) is 15.3. The smallest absolute Gasteiger partial charge is 0.320 e. The number of likely N-dealkylation sites (N-methyl/N-ethyl adjacent to an activating group) is 1. The van der Waals surface area contributed by atoms with Gasteiger partial charge in [-0.3, -0.25) is 14.5 Å². The van der Waals surface area contributed by atoms with Crippen molar-refractivity contribution >= 4 is 23.5 Å². The van der Waals surface area contributed by atoms with Crippen molar-refractivity contribution in [3.8, 4) is 34.1 Å². The Morgan fingerprint density at radius 3 is 2.61 bits per heavy atom. The maximum atomic E-state index is 11.9. The number of ether oxygens (including phenoxy) is 2. The second-order valence-corrected chi connectivity index (χ2v) is 12.0.